The first kappa shape index (κ1) is 23.6. The maximum atomic E-state index is 13.5. The van der Waals surface area contributed by atoms with E-state index in [1.807, 2.05) is 12.1 Å². The Kier molecular flexibility index (Phi) is 6.95. The van der Waals surface area contributed by atoms with Gasteiger partial charge < -0.3 is 9.64 Å². The van der Waals surface area contributed by atoms with Crippen molar-refractivity contribution in [1.29, 1.82) is 0 Å². The van der Waals surface area contributed by atoms with E-state index in [2.05, 4.69) is 0 Å². The molecule has 0 N–H and O–H groups in total. The Morgan fingerprint density at radius 2 is 1.94 bits per heavy atom. The first-order chi connectivity index (χ1) is 15.8. The minimum atomic E-state index is -3.95. The number of anilines is 1. The van der Waals surface area contributed by atoms with E-state index in [1.54, 1.807) is 24.0 Å². The van der Waals surface area contributed by atoms with E-state index in [0.717, 1.165) is 18.4 Å². The van der Waals surface area contributed by atoms with Crippen LogP contribution in [0.15, 0.2) is 47.4 Å². The monoisotopic (exact) mass is 490 g/mol. The Balaban J connectivity index is 1.60. The Morgan fingerprint density at radius 1 is 1.18 bits per heavy atom. The fourth-order valence-electron chi connectivity index (χ4n) is 4.04. The van der Waals surface area contributed by atoms with Crippen molar-refractivity contribution in [2.75, 3.05) is 30.5 Å². The highest BCUT2D eigenvalue weighted by Crippen LogP contribution is 2.35. The van der Waals surface area contributed by atoms with Crippen LogP contribution in [0.25, 0.3) is 0 Å². The van der Waals surface area contributed by atoms with E-state index in [4.69, 9.17) is 16.3 Å². The standard InChI is InChI=1S/C24H27ClN2O5S/c1-2-32-23(28)12-13-26(16-17-7-8-17)24(29)19-9-10-20(25)22(15-19)33(30,31)27-14-11-18-5-3-4-6-21(18)27/h3-6,9-10,15,17H,2,7-8,11-14,16H2,1H3. The number of rotatable bonds is 9. The number of carbonyl (C=O) groups is 2. The van der Waals surface area contributed by atoms with Crippen LogP contribution in [0, 0.1) is 5.92 Å². The zero-order chi connectivity index (χ0) is 23.6. The van der Waals surface area contributed by atoms with Gasteiger partial charge in [0.15, 0.2) is 0 Å². The number of esters is 1. The lowest BCUT2D eigenvalue weighted by atomic mass is 10.2. The van der Waals surface area contributed by atoms with Gasteiger partial charge in [0.1, 0.15) is 4.90 Å². The van der Waals surface area contributed by atoms with Crippen LogP contribution in [0.2, 0.25) is 5.02 Å². The maximum Gasteiger partial charge on any atom is 0.307 e. The molecule has 7 nitrogen and oxygen atoms in total. The van der Waals surface area contributed by atoms with Crippen LogP contribution in [0.4, 0.5) is 5.69 Å². The molecular formula is C24H27ClN2O5S. The third-order valence-electron chi connectivity index (χ3n) is 5.94. The first-order valence-electron chi connectivity index (χ1n) is 11.2. The molecule has 0 bridgehead atoms. The Labute approximate surface area is 199 Å². The molecule has 2 aromatic rings. The molecular weight excluding hydrogens is 464 g/mol. The summed E-state index contributed by atoms with van der Waals surface area (Å²) in [6.07, 6.45) is 2.79. The topological polar surface area (TPSA) is 84.0 Å². The van der Waals surface area contributed by atoms with Crippen LogP contribution in [-0.2, 0) is 26.0 Å². The van der Waals surface area contributed by atoms with Crippen LogP contribution >= 0.6 is 11.6 Å². The molecule has 1 saturated carbocycles. The van der Waals surface area contributed by atoms with E-state index >= 15 is 0 Å². The Morgan fingerprint density at radius 3 is 2.67 bits per heavy atom. The fourth-order valence-corrected chi connectivity index (χ4v) is 6.05. The van der Waals surface area contributed by atoms with Gasteiger partial charge in [-0.05, 0) is 61.9 Å². The molecule has 4 rings (SSSR count). The molecule has 1 aliphatic heterocycles. The lowest BCUT2D eigenvalue weighted by Gasteiger charge is -2.24. The molecule has 0 unspecified atom stereocenters. The molecule has 2 aliphatic rings. The summed E-state index contributed by atoms with van der Waals surface area (Å²) in [5, 5.41) is 0.0659. The highest BCUT2D eigenvalue weighted by molar-refractivity contribution is 7.93. The van der Waals surface area contributed by atoms with Crippen LogP contribution in [0.3, 0.4) is 0 Å². The largest absolute Gasteiger partial charge is 0.466 e. The summed E-state index contributed by atoms with van der Waals surface area (Å²) in [6, 6.07) is 11.7. The highest BCUT2D eigenvalue weighted by Gasteiger charge is 2.33. The highest BCUT2D eigenvalue weighted by atomic mass is 35.5. The Bertz CT molecular complexity index is 1160. The number of amides is 1. The molecule has 33 heavy (non-hydrogen) atoms. The number of ether oxygens (including phenoxy) is 1. The minimum absolute atomic E-state index is 0.0659. The second-order valence-corrected chi connectivity index (χ2v) is 10.6. The number of sulfonamides is 1. The molecule has 1 aliphatic carbocycles. The zero-order valence-corrected chi connectivity index (χ0v) is 20.1. The van der Waals surface area contributed by atoms with Gasteiger partial charge in [-0.25, -0.2) is 8.42 Å². The summed E-state index contributed by atoms with van der Waals surface area (Å²) < 4.78 is 33.3. The molecule has 0 saturated heterocycles. The van der Waals surface area contributed by atoms with Crippen molar-refractivity contribution in [3.8, 4) is 0 Å². The first-order valence-corrected chi connectivity index (χ1v) is 13.0. The second-order valence-electron chi connectivity index (χ2n) is 8.35. The normalized spacial score (nSPS) is 15.3. The van der Waals surface area contributed by atoms with Gasteiger partial charge in [-0.1, -0.05) is 29.8 Å². The smallest absolute Gasteiger partial charge is 0.307 e. The number of hydrogen-bond donors (Lipinski definition) is 0. The summed E-state index contributed by atoms with van der Waals surface area (Å²) in [5.74, 6) is -0.271. The number of halogens is 1. The molecule has 9 heteroatoms. The number of benzene rings is 2. The van der Waals surface area contributed by atoms with Gasteiger partial charge in [-0.15, -0.1) is 0 Å². The quantitative estimate of drug-likeness (QED) is 0.498. The van der Waals surface area contributed by atoms with Crippen molar-refractivity contribution in [1.82, 2.24) is 4.90 Å². The van der Waals surface area contributed by atoms with Crippen molar-refractivity contribution in [3.63, 3.8) is 0 Å². The van der Waals surface area contributed by atoms with Gasteiger partial charge in [-0.2, -0.15) is 0 Å². The minimum Gasteiger partial charge on any atom is -0.466 e. The van der Waals surface area contributed by atoms with Crippen molar-refractivity contribution < 1.29 is 22.7 Å². The van der Waals surface area contributed by atoms with Crippen molar-refractivity contribution in [2.24, 2.45) is 5.92 Å². The van der Waals surface area contributed by atoms with Crippen molar-refractivity contribution in [2.45, 2.75) is 37.5 Å². The van der Waals surface area contributed by atoms with Gasteiger partial charge in [0.25, 0.3) is 15.9 Å². The van der Waals surface area contributed by atoms with Crippen LogP contribution < -0.4 is 4.31 Å². The average Bonchev–Trinajstić information content (AvgIpc) is 3.51. The average molecular weight is 491 g/mol. The molecule has 0 atom stereocenters. The predicted octanol–water partition coefficient (Wildman–Crippen LogP) is 3.90. The van der Waals surface area contributed by atoms with Gasteiger partial charge >= 0.3 is 5.97 Å². The maximum absolute atomic E-state index is 13.5. The lowest BCUT2D eigenvalue weighted by Crippen LogP contribution is -2.35. The number of carbonyl (C=O) groups excluding carboxylic acids is 2. The summed E-state index contributed by atoms with van der Waals surface area (Å²) >= 11 is 6.31. The number of fused-ring (bicyclic) bond motifs is 1. The van der Waals surface area contributed by atoms with E-state index in [-0.39, 0.29) is 46.9 Å². The molecule has 0 radical (unpaired) electrons. The van der Waals surface area contributed by atoms with Crippen LogP contribution in [-0.4, -0.2) is 51.4 Å². The number of nitrogens with zero attached hydrogens (tertiary/aromatic N) is 2. The summed E-state index contributed by atoms with van der Waals surface area (Å²) in [4.78, 5) is 26.7. The van der Waals surface area contributed by atoms with Crippen LogP contribution in [0.5, 0.6) is 0 Å². The molecule has 2 aromatic carbocycles. The molecule has 176 valence electrons. The third kappa shape index (κ3) is 5.17. The van der Waals surface area contributed by atoms with E-state index in [9.17, 15) is 18.0 Å². The van der Waals surface area contributed by atoms with Crippen molar-refractivity contribution in [3.05, 3.63) is 58.6 Å². The summed E-state index contributed by atoms with van der Waals surface area (Å²) in [6.45, 7) is 3.09. The SMILES string of the molecule is CCOC(=O)CCN(CC1CC1)C(=O)c1ccc(Cl)c(S(=O)(=O)N2CCc3ccccc32)c1. The number of para-hydroxylation sites is 1. The third-order valence-corrected chi connectivity index (χ3v) is 8.24. The predicted molar refractivity (Wildman–Crippen MR) is 126 cm³/mol. The van der Waals surface area contributed by atoms with E-state index < -0.39 is 10.0 Å². The molecule has 1 fully saturated rings. The van der Waals surface area contributed by atoms with Crippen molar-refractivity contribution >= 4 is 39.2 Å². The Hall–Kier alpha value is -2.58. The molecule has 0 spiro atoms. The summed E-state index contributed by atoms with van der Waals surface area (Å²) in [7, 11) is -3.95. The van der Waals surface area contributed by atoms with Gasteiger partial charge in [0, 0.05) is 25.2 Å². The molecule has 1 heterocycles. The van der Waals surface area contributed by atoms with Crippen LogP contribution in [0.1, 0.15) is 42.1 Å². The number of hydrogen-bond acceptors (Lipinski definition) is 5. The lowest BCUT2D eigenvalue weighted by molar-refractivity contribution is -0.143. The zero-order valence-electron chi connectivity index (χ0n) is 18.5. The fraction of sp³-hybridized carbons (Fsp3) is 0.417. The van der Waals surface area contributed by atoms with E-state index in [1.165, 1.54) is 22.5 Å². The van der Waals surface area contributed by atoms with Gasteiger partial charge in [0.2, 0.25) is 0 Å². The van der Waals surface area contributed by atoms with E-state index in [0.29, 0.717) is 31.1 Å². The second kappa shape index (κ2) is 9.73. The molecule has 0 aromatic heterocycles. The van der Waals surface area contributed by atoms with Gasteiger partial charge in [-0.3, -0.25) is 13.9 Å². The summed E-state index contributed by atoms with van der Waals surface area (Å²) in [5.41, 5.74) is 1.82. The van der Waals surface area contributed by atoms with Gasteiger partial charge in [0.05, 0.1) is 23.7 Å². The molecule has 1 amide bonds.